The summed E-state index contributed by atoms with van der Waals surface area (Å²) in [5.41, 5.74) is 0.104. The van der Waals surface area contributed by atoms with Crippen LogP contribution in [-0.4, -0.2) is 6.18 Å². The number of rotatable bonds is 5. The molecule has 0 heterocycles. The summed E-state index contributed by atoms with van der Waals surface area (Å²) in [5, 5.41) is 1.65. The van der Waals surface area contributed by atoms with Crippen molar-refractivity contribution in [3.63, 3.8) is 0 Å². The van der Waals surface area contributed by atoms with Crippen molar-refractivity contribution < 1.29 is 17.6 Å². The van der Waals surface area contributed by atoms with E-state index in [4.69, 9.17) is 0 Å². The Morgan fingerprint density at radius 2 is 1.67 bits per heavy atom. The highest BCUT2D eigenvalue weighted by atomic mass is 19.4. The molecule has 2 rings (SSSR count). The average Bonchev–Trinajstić information content (AvgIpc) is 2.45. The maximum Gasteiger partial charge on any atom is 0.394 e. The second kappa shape index (κ2) is 6.46. The minimum atomic E-state index is -4.51. The van der Waals surface area contributed by atoms with Crippen LogP contribution >= 0.6 is 0 Å². The molecule has 0 fully saturated rings. The molecule has 0 nitrogen and oxygen atoms in total. The summed E-state index contributed by atoms with van der Waals surface area (Å²) in [4.78, 5) is 0. The molecule has 4 heteroatoms. The Labute approximate surface area is 121 Å². The van der Waals surface area contributed by atoms with Gasteiger partial charge in [0.2, 0.25) is 0 Å². The molecule has 0 saturated heterocycles. The van der Waals surface area contributed by atoms with Gasteiger partial charge in [-0.25, -0.2) is 4.39 Å². The van der Waals surface area contributed by atoms with E-state index in [2.05, 4.69) is 0 Å². The Hall–Kier alpha value is -1.58. The van der Waals surface area contributed by atoms with Gasteiger partial charge >= 0.3 is 6.18 Å². The topological polar surface area (TPSA) is 0 Å². The molecule has 0 N–H and O–H groups in total. The Bertz CT molecular complexity index is 589. The van der Waals surface area contributed by atoms with E-state index in [1.165, 1.54) is 12.1 Å². The van der Waals surface area contributed by atoms with Gasteiger partial charge in [0.1, 0.15) is 6.17 Å². The average molecular weight is 298 g/mol. The number of hydrogen-bond acceptors (Lipinski definition) is 0. The van der Waals surface area contributed by atoms with Crippen molar-refractivity contribution >= 4 is 10.8 Å². The maximum atomic E-state index is 14.4. The maximum absolute atomic E-state index is 14.4. The second-order valence-corrected chi connectivity index (χ2v) is 5.30. The molecule has 0 aromatic heterocycles. The predicted octanol–water partition coefficient (Wildman–Crippen LogP) is 6.22. The molecule has 0 amide bonds. The van der Waals surface area contributed by atoms with Crippen molar-refractivity contribution in [2.24, 2.45) is 5.92 Å². The Balaban J connectivity index is 2.31. The third-order valence-corrected chi connectivity index (χ3v) is 3.73. The van der Waals surface area contributed by atoms with Gasteiger partial charge < -0.3 is 0 Å². The lowest BCUT2D eigenvalue weighted by Crippen LogP contribution is -2.27. The summed E-state index contributed by atoms with van der Waals surface area (Å²) >= 11 is 0. The summed E-state index contributed by atoms with van der Waals surface area (Å²) in [7, 11) is 0. The molecule has 0 aliphatic rings. The first-order valence-electron chi connectivity index (χ1n) is 7.13. The number of hydrogen-bond donors (Lipinski definition) is 0. The van der Waals surface area contributed by atoms with Crippen LogP contribution in [0.15, 0.2) is 42.5 Å². The van der Waals surface area contributed by atoms with Gasteiger partial charge in [-0.2, -0.15) is 13.2 Å². The summed E-state index contributed by atoms with van der Waals surface area (Å²) in [6, 6.07) is 11.9. The lowest BCUT2D eigenvalue weighted by molar-refractivity contribution is -0.194. The van der Waals surface area contributed by atoms with E-state index in [9.17, 15) is 17.6 Å². The second-order valence-electron chi connectivity index (χ2n) is 5.30. The highest BCUT2D eigenvalue weighted by Gasteiger charge is 2.45. The molecule has 0 aliphatic heterocycles. The number of halogens is 4. The van der Waals surface area contributed by atoms with Gasteiger partial charge in [0.25, 0.3) is 0 Å². The van der Waals surface area contributed by atoms with Crippen molar-refractivity contribution in [1.29, 1.82) is 0 Å². The van der Waals surface area contributed by atoms with Crippen LogP contribution < -0.4 is 0 Å². The zero-order chi connectivity index (χ0) is 15.5. The SMILES string of the molecule is CCCCC(C(F)c1ccc2ccccc2c1)C(F)(F)F. The molecule has 114 valence electrons. The summed E-state index contributed by atoms with van der Waals surface area (Å²) in [6.07, 6.45) is -5.70. The van der Waals surface area contributed by atoms with E-state index in [1.807, 2.05) is 12.1 Å². The van der Waals surface area contributed by atoms with Gasteiger partial charge in [0.05, 0.1) is 5.92 Å². The van der Waals surface area contributed by atoms with Crippen LogP contribution in [0.4, 0.5) is 17.6 Å². The van der Waals surface area contributed by atoms with Crippen molar-refractivity contribution in [3.05, 3.63) is 48.0 Å². The molecule has 0 spiro atoms. The lowest BCUT2D eigenvalue weighted by atomic mass is 9.90. The third kappa shape index (κ3) is 3.74. The predicted molar refractivity (Wildman–Crippen MR) is 76.9 cm³/mol. The minimum absolute atomic E-state index is 0.104. The van der Waals surface area contributed by atoms with Crippen LogP contribution in [0.5, 0.6) is 0 Å². The van der Waals surface area contributed by atoms with E-state index in [1.54, 1.807) is 25.1 Å². The fourth-order valence-corrected chi connectivity index (χ4v) is 2.51. The third-order valence-electron chi connectivity index (χ3n) is 3.73. The summed E-state index contributed by atoms with van der Waals surface area (Å²) < 4.78 is 53.6. The van der Waals surface area contributed by atoms with E-state index in [0.29, 0.717) is 12.8 Å². The van der Waals surface area contributed by atoms with Gasteiger partial charge in [0.15, 0.2) is 0 Å². The van der Waals surface area contributed by atoms with E-state index < -0.39 is 18.3 Å². The van der Waals surface area contributed by atoms with Gasteiger partial charge in [0, 0.05) is 0 Å². The van der Waals surface area contributed by atoms with Gasteiger partial charge in [-0.15, -0.1) is 0 Å². The first kappa shape index (κ1) is 15.8. The molecule has 0 saturated carbocycles. The molecular weight excluding hydrogens is 280 g/mol. The van der Waals surface area contributed by atoms with Crippen molar-refractivity contribution in [1.82, 2.24) is 0 Å². The van der Waals surface area contributed by atoms with Crippen LogP contribution in [0.2, 0.25) is 0 Å². The Morgan fingerprint density at radius 3 is 2.29 bits per heavy atom. The normalized spacial score (nSPS) is 15.1. The zero-order valence-corrected chi connectivity index (χ0v) is 11.8. The Morgan fingerprint density at radius 1 is 1.00 bits per heavy atom. The fraction of sp³-hybridized carbons (Fsp3) is 0.412. The quantitative estimate of drug-likeness (QED) is 0.575. The molecular formula is C17H18F4. The monoisotopic (exact) mass is 298 g/mol. The molecule has 2 aromatic carbocycles. The highest BCUT2D eigenvalue weighted by molar-refractivity contribution is 5.83. The van der Waals surface area contributed by atoms with E-state index >= 15 is 0 Å². The molecule has 0 bridgehead atoms. The van der Waals surface area contributed by atoms with E-state index in [0.717, 1.165) is 10.8 Å². The molecule has 0 aliphatic carbocycles. The minimum Gasteiger partial charge on any atom is -0.242 e. The van der Waals surface area contributed by atoms with Crippen LogP contribution in [0.25, 0.3) is 10.8 Å². The van der Waals surface area contributed by atoms with E-state index in [-0.39, 0.29) is 12.0 Å². The lowest BCUT2D eigenvalue weighted by Gasteiger charge is -2.24. The molecule has 2 unspecified atom stereocenters. The van der Waals surface area contributed by atoms with Gasteiger partial charge in [-0.1, -0.05) is 56.2 Å². The smallest absolute Gasteiger partial charge is 0.242 e. The summed E-state index contributed by atoms with van der Waals surface area (Å²) in [6.45, 7) is 1.80. The molecule has 21 heavy (non-hydrogen) atoms. The number of benzene rings is 2. The largest absolute Gasteiger partial charge is 0.394 e. The molecule has 2 aromatic rings. The fourth-order valence-electron chi connectivity index (χ4n) is 2.51. The number of alkyl halides is 4. The zero-order valence-electron chi connectivity index (χ0n) is 11.8. The standard InChI is InChI=1S/C17H18F4/c1-2-3-8-15(17(19,20)21)16(18)14-10-9-12-6-4-5-7-13(12)11-14/h4-7,9-11,15-16H,2-3,8H2,1H3. The molecule has 2 atom stereocenters. The number of unbranched alkanes of at least 4 members (excludes halogenated alkanes) is 1. The van der Waals surface area contributed by atoms with Crippen LogP contribution in [0.3, 0.4) is 0 Å². The first-order chi connectivity index (χ1) is 9.93. The first-order valence-corrected chi connectivity index (χ1v) is 7.13. The Kier molecular flexibility index (Phi) is 4.86. The van der Waals surface area contributed by atoms with Gasteiger partial charge in [-0.05, 0) is 28.8 Å². The highest BCUT2D eigenvalue weighted by Crippen LogP contribution is 2.42. The van der Waals surface area contributed by atoms with Crippen LogP contribution in [-0.2, 0) is 0 Å². The van der Waals surface area contributed by atoms with Crippen molar-refractivity contribution in [2.45, 2.75) is 38.5 Å². The molecule has 0 radical (unpaired) electrons. The summed E-state index contributed by atoms with van der Waals surface area (Å²) in [5.74, 6) is -1.93. The number of fused-ring (bicyclic) bond motifs is 1. The van der Waals surface area contributed by atoms with Crippen LogP contribution in [0, 0.1) is 5.92 Å². The van der Waals surface area contributed by atoms with Crippen LogP contribution in [0.1, 0.15) is 37.9 Å². The van der Waals surface area contributed by atoms with Crippen molar-refractivity contribution in [3.8, 4) is 0 Å². The van der Waals surface area contributed by atoms with Crippen molar-refractivity contribution in [2.75, 3.05) is 0 Å². The van der Waals surface area contributed by atoms with Gasteiger partial charge in [-0.3, -0.25) is 0 Å².